The number of hydrogen-bond donors (Lipinski definition) is 2. The number of carboxylic acids is 1. The lowest BCUT2D eigenvalue weighted by Crippen LogP contribution is -1.94. The topological polar surface area (TPSA) is 54.6 Å². The molecule has 0 aliphatic heterocycles. The van der Waals surface area contributed by atoms with Gasteiger partial charge >= 0.3 is 5.97 Å². The number of thiol groups is 1. The Labute approximate surface area is 134 Å². The van der Waals surface area contributed by atoms with E-state index in [-0.39, 0.29) is 0 Å². The summed E-state index contributed by atoms with van der Waals surface area (Å²) in [7, 11) is 0. The van der Waals surface area contributed by atoms with Crippen molar-refractivity contribution in [1.29, 1.82) is 0 Å². The molecule has 0 fully saturated rings. The number of nitrogens with zero attached hydrogens (tertiary/aromatic N) is 2. The van der Waals surface area contributed by atoms with Crippen LogP contribution >= 0.6 is 24.0 Å². The highest BCUT2D eigenvalue weighted by Crippen LogP contribution is 2.22. The largest absolute Gasteiger partial charge is 0.481 e. The normalized spacial score (nSPS) is 11.3. The number of rotatable bonds is 10. The van der Waals surface area contributed by atoms with Crippen LogP contribution in [-0.4, -0.2) is 20.5 Å². The summed E-state index contributed by atoms with van der Waals surface area (Å²) < 4.78 is 2.14. The third kappa shape index (κ3) is 5.04. The number of aliphatic carboxylic acids is 1. The Morgan fingerprint density at radius 1 is 1.19 bits per heavy atom. The van der Waals surface area contributed by atoms with Crippen molar-refractivity contribution in [2.75, 3.05) is 0 Å². The van der Waals surface area contributed by atoms with Gasteiger partial charge in [0.1, 0.15) is 5.03 Å². The lowest BCUT2D eigenvalue weighted by molar-refractivity contribution is -0.137. The predicted molar refractivity (Wildman–Crippen MR) is 88.6 cm³/mol. The van der Waals surface area contributed by atoms with Crippen molar-refractivity contribution in [3.63, 3.8) is 0 Å². The van der Waals surface area contributed by atoms with E-state index in [1.165, 1.54) is 25.0 Å². The van der Waals surface area contributed by atoms with E-state index in [1.54, 1.807) is 11.3 Å². The van der Waals surface area contributed by atoms with E-state index in [2.05, 4.69) is 33.6 Å². The summed E-state index contributed by atoms with van der Waals surface area (Å²) in [4.78, 5) is 15.8. The van der Waals surface area contributed by atoms with Crippen LogP contribution < -0.4 is 0 Å². The van der Waals surface area contributed by atoms with Gasteiger partial charge in [0.25, 0.3) is 0 Å². The van der Waals surface area contributed by atoms with Crippen molar-refractivity contribution in [1.82, 2.24) is 9.38 Å². The van der Waals surface area contributed by atoms with Gasteiger partial charge in [-0.25, -0.2) is 4.98 Å². The molecule has 2 rings (SSSR count). The quantitative estimate of drug-likeness (QED) is 0.501. The molecule has 0 bridgehead atoms. The summed E-state index contributed by atoms with van der Waals surface area (Å²) in [5.41, 5.74) is 1.22. The molecule has 0 unspecified atom stereocenters. The number of hydrogen-bond acceptors (Lipinski definition) is 4. The lowest BCUT2D eigenvalue weighted by atomic mass is 10.1. The van der Waals surface area contributed by atoms with Gasteiger partial charge in [0.05, 0.1) is 5.69 Å². The summed E-state index contributed by atoms with van der Waals surface area (Å²) >= 11 is 6.09. The molecular weight excluding hydrogens is 304 g/mol. The molecule has 0 amide bonds. The molecule has 6 heteroatoms. The number of unbranched alkanes of at least 4 members (excludes halogenated alkanes) is 6. The zero-order chi connectivity index (χ0) is 15.1. The number of aromatic nitrogens is 2. The number of carbonyl (C=O) groups is 1. The van der Waals surface area contributed by atoms with E-state index < -0.39 is 5.97 Å². The van der Waals surface area contributed by atoms with Crippen molar-refractivity contribution in [3.05, 3.63) is 17.3 Å². The van der Waals surface area contributed by atoms with Gasteiger partial charge in [0.2, 0.25) is 0 Å². The summed E-state index contributed by atoms with van der Waals surface area (Å²) in [6.07, 6.45) is 11.2. The fourth-order valence-corrected chi connectivity index (χ4v) is 3.62. The maximum absolute atomic E-state index is 10.4. The Hall–Kier alpha value is -1.01. The van der Waals surface area contributed by atoms with Crippen molar-refractivity contribution in [3.8, 4) is 0 Å². The van der Waals surface area contributed by atoms with E-state index in [0.29, 0.717) is 6.42 Å². The molecule has 0 aromatic carbocycles. The van der Waals surface area contributed by atoms with E-state index in [4.69, 9.17) is 5.11 Å². The van der Waals surface area contributed by atoms with Gasteiger partial charge in [-0.15, -0.1) is 24.0 Å². The Morgan fingerprint density at radius 3 is 2.57 bits per heavy atom. The second-order valence-corrected chi connectivity index (χ2v) is 6.60. The number of fused-ring (bicyclic) bond motifs is 1. The Bertz CT molecular complexity index is 577. The van der Waals surface area contributed by atoms with E-state index in [9.17, 15) is 4.79 Å². The number of aryl methyl sites for hydroxylation is 1. The van der Waals surface area contributed by atoms with Crippen LogP contribution in [0.5, 0.6) is 0 Å². The van der Waals surface area contributed by atoms with E-state index >= 15 is 0 Å². The summed E-state index contributed by atoms with van der Waals surface area (Å²) in [5.74, 6) is -0.682. The van der Waals surface area contributed by atoms with Crippen LogP contribution in [0, 0.1) is 0 Å². The SMILES string of the molecule is O=C(O)CCCCCCCCCc1c(S)nc2sccn12. The zero-order valence-corrected chi connectivity index (χ0v) is 13.8. The smallest absolute Gasteiger partial charge is 0.303 e. The highest BCUT2D eigenvalue weighted by Gasteiger charge is 2.09. The maximum atomic E-state index is 10.4. The monoisotopic (exact) mass is 326 g/mol. The van der Waals surface area contributed by atoms with Crippen molar-refractivity contribution in [2.45, 2.75) is 62.8 Å². The minimum absolute atomic E-state index is 0.308. The minimum Gasteiger partial charge on any atom is -0.481 e. The summed E-state index contributed by atoms with van der Waals surface area (Å²) in [6.45, 7) is 0. The van der Waals surface area contributed by atoms with Gasteiger partial charge in [0.15, 0.2) is 4.96 Å². The predicted octanol–water partition coefficient (Wildman–Crippen LogP) is 4.43. The lowest BCUT2D eigenvalue weighted by Gasteiger charge is -2.02. The Kier molecular flexibility index (Phi) is 6.57. The van der Waals surface area contributed by atoms with Gasteiger partial charge in [0, 0.05) is 18.0 Å². The first-order valence-electron chi connectivity index (χ1n) is 7.53. The highest BCUT2D eigenvalue weighted by atomic mass is 32.1. The summed E-state index contributed by atoms with van der Waals surface area (Å²) in [5, 5.41) is 11.5. The second kappa shape index (κ2) is 8.44. The Balaban J connectivity index is 1.57. The van der Waals surface area contributed by atoms with Crippen LogP contribution in [0.15, 0.2) is 16.6 Å². The number of thiazole rings is 1. The molecule has 1 N–H and O–H groups in total. The van der Waals surface area contributed by atoms with Crippen LogP contribution in [0.4, 0.5) is 0 Å². The average molecular weight is 326 g/mol. The molecular formula is C15H22N2O2S2. The molecule has 0 spiro atoms. The molecule has 0 aliphatic rings. The maximum Gasteiger partial charge on any atom is 0.303 e. The van der Waals surface area contributed by atoms with E-state index in [0.717, 1.165) is 42.1 Å². The molecule has 0 saturated carbocycles. The third-order valence-corrected chi connectivity index (χ3v) is 4.76. The summed E-state index contributed by atoms with van der Waals surface area (Å²) in [6, 6.07) is 0. The van der Waals surface area contributed by atoms with Crippen molar-refractivity contribution in [2.24, 2.45) is 0 Å². The fraction of sp³-hybridized carbons (Fsp3) is 0.600. The van der Waals surface area contributed by atoms with Crippen LogP contribution in [0.1, 0.15) is 57.1 Å². The molecule has 2 heterocycles. The first-order valence-corrected chi connectivity index (χ1v) is 8.86. The second-order valence-electron chi connectivity index (χ2n) is 5.31. The average Bonchev–Trinajstić information content (AvgIpc) is 2.98. The van der Waals surface area contributed by atoms with Crippen molar-refractivity contribution >= 4 is 34.9 Å². The molecule has 2 aromatic heterocycles. The minimum atomic E-state index is -0.682. The van der Waals surface area contributed by atoms with Crippen LogP contribution in [-0.2, 0) is 11.2 Å². The Morgan fingerprint density at radius 2 is 1.86 bits per heavy atom. The molecule has 0 saturated heterocycles. The number of carboxylic acid groups (broad SMARTS) is 1. The van der Waals surface area contributed by atoms with Gasteiger partial charge < -0.3 is 5.11 Å². The third-order valence-electron chi connectivity index (χ3n) is 3.64. The standard InChI is InChI=1S/C15H22N2O2S2/c18-13(19)9-7-5-3-1-2-4-6-8-12-14(20)16-15-17(12)10-11-21-15/h10-11,20H,1-9H2,(H,18,19). The molecule has 0 radical (unpaired) electrons. The highest BCUT2D eigenvalue weighted by molar-refractivity contribution is 7.80. The van der Waals surface area contributed by atoms with Crippen LogP contribution in [0.2, 0.25) is 0 Å². The van der Waals surface area contributed by atoms with Crippen molar-refractivity contribution < 1.29 is 9.90 Å². The van der Waals surface area contributed by atoms with Gasteiger partial charge in [-0.1, -0.05) is 32.1 Å². The molecule has 116 valence electrons. The molecule has 2 aromatic rings. The first-order chi connectivity index (χ1) is 10.2. The van der Waals surface area contributed by atoms with Gasteiger partial charge in [-0.3, -0.25) is 9.20 Å². The first kappa shape index (κ1) is 16.4. The van der Waals surface area contributed by atoms with Crippen LogP contribution in [0.25, 0.3) is 4.96 Å². The van der Waals surface area contributed by atoms with Gasteiger partial charge in [-0.05, 0) is 19.3 Å². The van der Waals surface area contributed by atoms with Gasteiger partial charge in [-0.2, -0.15) is 0 Å². The van der Waals surface area contributed by atoms with E-state index in [1.807, 2.05) is 0 Å². The fourth-order valence-electron chi connectivity index (χ4n) is 2.51. The molecule has 0 aliphatic carbocycles. The number of imidazole rings is 1. The molecule has 0 atom stereocenters. The molecule has 21 heavy (non-hydrogen) atoms. The molecule has 4 nitrogen and oxygen atoms in total. The zero-order valence-electron chi connectivity index (χ0n) is 12.1. The van der Waals surface area contributed by atoms with Crippen LogP contribution in [0.3, 0.4) is 0 Å².